The van der Waals surface area contributed by atoms with Crippen molar-refractivity contribution in [3.8, 4) is 16.8 Å². The summed E-state index contributed by atoms with van der Waals surface area (Å²) in [5, 5.41) is 6.20. The molecule has 7 rings (SSSR count). The van der Waals surface area contributed by atoms with Crippen LogP contribution in [0.1, 0.15) is 25.0 Å². The van der Waals surface area contributed by atoms with E-state index >= 15 is 0 Å². The van der Waals surface area contributed by atoms with Crippen molar-refractivity contribution in [2.45, 2.75) is 19.3 Å². The van der Waals surface area contributed by atoms with Crippen molar-refractivity contribution < 1.29 is 0 Å². The predicted molar refractivity (Wildman–Crippen MR) is 148 cm³/mol. The van der Waals surface area contributed by atoms with Crippen LogP contribution in [0.25, 0.3) is 38.6 Å². The van der Waals surface area contributed by atoms with Crippen LogP contribution >= 0.6 is 0 Å². The van der Waals surface area contributed by atoms with Gasteiger partial charge in [0.15, 0.2) is 0 Å². The van der Waals surface area contributed by atoms with Gasteiger partial charge in [-0.3, -0.25) is 0 Å². The molecular weight excluding hydrogens is 424 g/mol. The topological polar surface area (TPSA) is 17.0 Å². The van der Waals surface area contributed by atoms with Crippen molar-refractivity contribution in [1.82, 2.24) is 4.57 Å². The Morgan fingerprint density at radius 3 is 2.09 bits per heavy atom. The molecule has 35 heavy (non-hydrogen) atoms. The number of hydrogen-bond acceptors (Lipinski definition) is 1. The number of benzene rings is 5. The molecule has 0 bridgehead atoms. The molecule has 0 radical (unpaired) electrons. The molecule has 1 heterocycles. The maximum absolute atomic E-state index is 3.69. The summed E-state index contributed by atoms with van der Waals surface area (Å²) in [6.45, 7) is 4.64. The van der Waals surface area contributed by atoms with E-state index in [1.54, 1.807) is 0 Å². The van der Waals surface area contributed by atoms with Gasteiger partial charge >= 0.3 is 0 Å². The molecule has 1 aromatic heterocycles. The molecule has 0 saturated carbocycles. The quantitative estimate of drug-likeness (QED) is 0.285. The summed E-state index contributed by atoms with van der Waals surface area (Å²) in [5.41, 5.74) is 11.3. The fraction of sp³-hybridized carbons (Fsp3) is 0.0909. The van der Waals surface area contributed by atoms with Crippen molar-refractivity contribution in [1.29, 1.82) is 0 Å². The maximum atomic E-state index is 3.69. The molecule has 0 atom stereocenters. The summed E-state index contributed by atoms with van der Waals surface area (Å²) in [5.74, 6) is 0. The average Bonchev–Trinajstić information content (AvgIpc) is 3.34. The highest BCUT2D eigenvalue weighted by atomic mass is 15.0. The van der Waals surface area contributed by atoms with E-state index in [0.717, 1.165) is 11.4 Å². The molecule has 0 amide bonds. The van der Waals surface area contributed by atoms with Gasteiger partial charge in [0, 0.05) is 33.2 Å². The van der Waals surface area contributed by atoms with Gasteiger partial charge in [-0.15, -0.1) is 0 Å². The van der Waals surface area contributed by atoms with Crippen LogP contribution in [0, 0.1) is 0 Å². The molecule has 0 aliphatic heterocycles. The third-order valence-electron chi connectivity index (χ3n) is 7.56. The number of nitrogens with one attached hydrogen (secondary N) is 1. The van der Waals surface area contributed by atoms with Crippen LogP contribution in [0.4, 0.5) is 11.4 Å². The third-order valence-corrected chi connectivity index (χ3v) is 7.56. The molecule has 0 saturated heterocycles. The first kappa shape index (κ1) is 20.1. The Balaban J connectivity index is 1.34. The zero-order chi connectivity index (χ0) is 23.6. The lowest BCUT2D eigenvalue weighted by Crippen LogP contribution is -2.14. The lowest BCUT2D eigenvalue weighted by atomic mass is 9.82. The Morgan fingerprint density at radius 2 is 1.20 bits per heavy atom. The van der Waals surface area contributed by atoms with Crippen molar-refractivity contribution >= 4 is 33.2 Å². The number of para-hydroxylation sites is 2. The van der Waals surface area contributed by atoms with Gasteiger partial charge < -0.3 is 9.88 Å². The Bertz CT molecular complexity index is 1740. The van der Waals surface area contributed by atoms with Crippen molar-refractivity contribution in [3.05, 3.63) is 126 Å². The molecule has 0 fully saturated rings. The SMILES string of the molecule is CC1(C)c2ccccc2-c2cc(Nc3ccc4c(c3)c3ccccc3n4-c3ccccc3)ccc21. The highest BCUT2D eigenvalue weighted by Gasteiger charge is 2.35. The van der Waals surface area contributed by atoms with E-state index in [0.29, 0.717) is 0 Å². The number of rotatable bonds is 3. The van der Waals surface area contributed by atoms with Crippen LogP contribution in [-0.2, 0) is 5.41 Å². The van der Waals surface area contributed by atoms with Crippen LogP contribution < -0.4 is 5.32 Å². The molecular formula is C33H26N2. The van der Waals surface area contributed by atoms with Gasteiger partial charge in [-0.05, 0) is 70.8 Å². The van der Waals surface area contributed by atoms with Gasteiger partial charge in [0.05, 0.1) is 11.0 Å². The van der Waals surface area contributed by atoms with Gasteiger partial charge in [0.2, 0.25) is 0 Å². The van der Waals surface area contributed by atoms with Gasteiger partial charge in [-0.2, -0.15) is 0 Å². The molecule has 1 aliphatic carbocycles. The normalized spacial score (nSPS) is 13.7. The summed E-state index contributed by atoms with van der Waals surface area (Å²) in [7, 11) is 0. The minimum atomic E-state index is 0.0304. The molecule has 168 valence electrons. The number of fused-ring (bicyclic) bond motifs is 6. The Labute approximate surface area is 205 Å². The molecule has 2 heteroatoms. The van der Waals surface area contributed by atoms with Crippen molar-refractivity contribution in [2.75, 3.05) is 5.32 Å². The summed E-state index contributed by atoms with van der Waals surface area (Å²) < 4.78 is 2.35. The monoisotopic (exact) mass is 450 g/mol. The highest BCUT2D eigenvalue weighted by molar-refractivity contribution is 6.10. The van der Waals surface area contributed by atoms with Gasteiger partial charge in [0.25, 0.3) is 0 Å². The summed E-state index contributed by atoms with van der Waals surface area (Å²) in [6, 6.07) is 41.6. The first-order chi connectivity index (χ1) is 17.1. The highest BCUT2D eigenvalue weighted by Crippen LogP contribution is 2.49. The molecule has 0 unspecified atom stereocenters. The summed E-state index contributed by atoms with van der Waals surface area (Å²) >= 11 is 0. The first-order valence-corrected chi connectivity index (χ1v) is 12.2. The summed E-state index contributed by atoms with van der Waals surface area (Å²) in [6.07, 6.45) is 0. The van der Waals surface area contributed by atoms with E-state index in [1.807, 2.05) is 0 Å². The smallest absolute Gasteiger partial charge is 0.0542 e. The zero-order valence-corrected chi connectivity index (χ0v) is 19.9. The van der Waals surface area contributed by atoms with E-state index in [1.165, 1.54) is 49.7 Å². The standard InChI is InChI=1S/C33H26N2/c1-33(2)29-14-8-6-12-25(29)27-20-22(16-18-30(27)33)34-23-17-19-32-28(21-23)26-13-7-9-15-31(26)35(32)24-10-4-3-5-11-24/h3-21,34H,1-2H3. The van der Waals surface area contributed by atoms with E-state index in [4.69, 9.17) is 0 Å². The zero-order valence-electron chi connectivity index (χ0n) is 19.9. The Hall–Kier alpha value is -4.30. The van der Waals surface area contributed by atoms with Crippen LogP contribution in [0.5, 0.6) is 0 Å². The second-order valence-electron chi connectivity index (χ2n) is 9.98. The van der Waals surface area contributed by atoms with Crippen LogP contribution in [0.2, 0.25) is 0 Å². The number of aromatic nitrogens is 1. The largest absolute Gasteiger partial charge is 0.355 e. The number of nitrogens with zero attached hydrogens (tertiary/aromatic N) is 1. The number of anilines is 2. The van der Waals surface area contributed by atoms with Gasteiger partial charge in [0.1, 0.15) is 0 Å². The van der Waals surface area contributed by atoms with E-state index in [2.05, 4.69) is 139 Å². The minimum absolute atomic E-state index is 0.0304. The fourth-order valence-electron chi connectivity index (χ4n) is 5.87. The molecule has 6 aromatic rings. The van der Waals surface area contributed by atoms with Crippen LogP contribution in [0.15, 0.2) is 115 Å². The number of hydrogen-bond donors (Lipinski definition) is 1. The molecule has 1 N–H and O–H groups in total. The van der Waals surface area contributed by atoms with Gasteiger partial charge in [-0.25, -0.2) is 0 Å². The lowest BCUT2D eigenvalue weighted by Gasteiger charge is -2.21. The second kappa shape index (κ2) is 7.35. The van der Waals surface area contributed by atoms with Crippen molar-refractivity contribution in [3.63, 3.8) is 0 Å². The first-order valence-electron chi connectivity index (χ1n) is 12.2. The van der Waals surface area contributed by atoms with Crippen LogP contribution in [0.3, 0.4) is 0 Å². The maximum Gasteiger partial charge on any atom is 0.0542 e. The van der Waals surface area contributed by atoms with Gasteiger partial charge in [-0.1, -0.05) is 80.6 Å². The second-order valence-corrected chi connectivity index (χ2v) is 9.98. The molecule has 1 aliphatic rings. The van der Waals surface area contributed by atoms with E-state index in [9.17, 15) is 0 Å². The molecule has 5 aromatic carbocycles. The van der Waals surface area contributed by atoms with Crippen molar-refractivity contribution in [2.24, 2.45) is 0 Å². The van der Waals surface area contributed by atoms with E-state index in [-0.39, 0.29) is 5.41 Å². The lowest BCUT2D eigenvalue weighted by molar-refractivity contribution is 0.660. The summed E-state index contributed by atoms with van der Waals surface area (Å²) in [4.78, 5) is 0. The Kier molecular flexibility index (Phi) is 4.22. The fourth-order valence-corrected chi connectivity index (χ4v) is 5.87. The predicted octanol–water partition coefficient (Wildman–Crippen LogP) is 8.83. The Morgan fingerprint density at radius 1 is 0.543 bits per heavy atom. The van der Waals surface area contributed by atoms with Crippen LogP contribution in [-0.4, -0.2) is 4.57 Å². The third kappa shape index (κ3) is 2.96. The average molecular weight is 451 g/mol. The minimum Gasteiger partial charge on any atom is -0.355 e. The molecule has 2 nitrogen and oxygen atoms in total. The molecule has 0 spiro atoms. The van der Waals surface area contributed by atoms with E-state index < -0.39 is 0 Å².